The molecule has 19 heavy (non-hydrogen) atoms. The lowest BCUT2D eigenvalue weighted by atomic mass is 10.1. The van der Waals surface area contributed by atoms with Gasteiger partial charge in [-0.05, 0) is 26.0 Å². The molecule has 0 aliphatic carbocycles. The van der Waals surface area contributed by atoms with Crippen LogP contribution in [0.5, 0.6) is 5.75 Å². The molecule has 1 aromatic carbocycles. The van der Waals surface area contributed by atoms with E-state index in [0.717, 1.165) is 18.7 Å². The Morgan fingerprint density at radius 3 is 2.63 bits per heavy atom. The Morgan fingerprint density at radius 2 is 2.05 bits per heavy atom. The number of ether oxygens (including phenoxy) is 2. The van der Waals surface area contributed by atoms with E-state index in [4.69, 9.17) is 4.74 Å². The normalized spacial score (nSPS) is 11.0. The summed E-state index contributed by atoms with van der Waals surface area (Å²) in [5.74, 6) is -1.84. The summed E-state index contributed by atoms with van der Waals surface area (Å²) in [5.41, 5.74) is 1.25. The summed E-state index contributed by atoms with van der Waals surface area (Å²) in [4.78, 5) is 22.4. The van der Waals surface area contributed by atoms with Crippen molar-refractivity contribution in [1.29, 1.82) is 0 Å². The van der Waals surface area contributed by atoms with Gasteiger partial charge in [-0.25, -0.2) is 4.79 Å². The van der Waals surface area contributed by atoms with Gasteiger partial charge in [-0.2, -0.15) is 0 Å². The number of aryl methyl sites for hydroxylation is 1. The fourth-order valence-corrected chi connectivity index (χ4v) is 1.49. The van der Waals surface area contributed by atoms with Gasteiger partial charge < -0.3 is 14.6 Å². The highest BCUT2D eigenvalue weighted by Crippen LogP contribution is 2.26. The summed E-state index contributed by atoms with van der Waals surface area (Å²) in [5, 5.41) is 9.92. The molecule has 0 fully saturated rings. The molecule has 1 rings (SSSR count). The third-order valence-corrected chi connectivity index (χ3v) is 2.37. The number of carbonyl (C=O) groups is 2. The molecule has 1 aromatic rings. The van der Waals surface area contributed by atoms with Crippen LogP contribution in [-0.4, -0.2) is 30.6 Å². The van der Waals surface area contributed by atoms with Gasteiger partial charge in [-0.3, -0.25) is 4.79 Å². The molecule has 0 heterocycles. The van der Waals surface area contributed by atoms with Gasteiger partial charge in [0.05, 0.1) is 19.3 Å². The molecule has 0 radical (unpaired) electrons. The summed E-state index contributed by atoms with van der Waals surface area (Å²) in [7, 11) is 1.10. The van der Waals surface area contributed by atoms with Crippen LogP contribution in [0.2, 0.25) is 0 Å². The molecule has 0 unspecified atom stereocenters. The molecule has 0 aliphatic rings. The highest BCUT2D eigenvalue weighted by atomic mass is 16.5. The van der Waals surface area contributed by atoms with Gasteiger partial charge in [0.25, 0.3) is 5.78 Å². The van der Waals surface area contributed by atoms with E-state index < -0.39 is 11.8 Å². The number of ketones is 1. The molecule has 0 atom stereocenters. The SMILES string of the molecule is CCOc1ccc(C)cc1/C(O)=C/C(=O)C(=O)OC. The maximum absolute atomic E-state index is 11.4. The van der Waals surface area contributed by atoms with Gasteiger partial charge in [-0.1, -0.05) is 11.6 Å². The van der Waals surface area contributed by atoms with Crippen molar-refractivity contribution in [2.75, 3.05) is 13.7 Å². The number of hydrogen-bond donors (Lipinski definition) is 1. The van der Waals surface area contributed by atoms with Gasteiger partial charge >= 0.3 is 5.97 Å². The van der Waals surface area contributed by atoms with Gasteiger partial charge in [-0.15, -0.1) is 0 Å². The maximum atomic E-state index is 11.4. The van der Waals surface area contributed by atoms with Gasteiger partial charge in [0.15, 0.2) is 0 Å². The second-order valence-electron chi connectivity index (χ2n) is 3.82. The monoisotopic (exact) mass is 264 g/mol. The average Bonchev–Trinajstić information content (AvgIpc) is 2.39. The fourth-order valence-electron chi connectivity index (χ4n) is 1.49. The lowest BCUT2D eigenvalue weighted by Gasteiger charge is -2.10. The molecule has 5 heteroatoms. The van der Waals surface area contributed by atoms with E-state index in [-0.39, 0.29) is 5.76 Å². The van der Waals surface area contributed by atoms with Crippen molar-refractivity contribution in [3.63, 3.8) is 0 Å². The lowest BCUT2D eigenvalue weighted by Crippen LogP contribution is -2.13. The highest BCUT2D eigenvalue weighted by Gasteiger charge is 2.15. The zero-order chi connectivity index (χ0) is 14.4. The average molecular weight is 264 g/mol. The Bertz CT molecular complexity index is 517. The summed E-state index contributed by atoms with van der Waals surface area (Å²) < 4.78 is 9.63. The second-order valence-corrected chi connectivity index (χ2v) is 3.82. The van der Waals surface area contributed by atoms with Gasteiger partial charge in [0.2, 0.25) is 0 Å². The van der Waals surface area contributed by atoms with E-state index >= 15 is 0 Å². The van der Waals surface area contributed by atoms with Crippen molar-refractivity contribution in [2.24, 2.45) is 0 Å². The Labute approximate surface area is 111 Å². The van der Waals surface area contributed by atoms with Crippen LogP contribution < -0.4 is 4.74 Å². The number of methoxy groups -OCH3 is 1. The van der Waals surface area contributed by atoms with Crippen LogP contribution in [0.15, 0.2) is 24.3 Å². The highest BCUT2D eigenvalue weighted by molar-refractivity contribution is 6.39. The maximum Gasteiger partial charge on any atom is 0.378 e. The van der Waals surface area contributed by atoms with Crippen LogP contribution in [-0.2, 0) is 14.3 Å². The molecule has 0 amide bonds. The van der Waals surface area contributed by atoms with E-state index in [9.17, 15) is 14.7 Å². The summed E-state index contributed by atoms with van der Waals surface area (Å²) in [6.07, 6.45) is 0.823. The number of esters is 1. The Kier molecular flexibility index (Phi) is 5.11. The molecule has 0 aliphatic heterocycles. The van der Waals surface area contributed by atoms with Crippen molar-refractivity contribution in [3.05, 3.63) is 35.4 Å². The molecule has 0 bridgehead atoms. The molecule has 5 nitrogen and oxygen atoms in total. The van der Waals surface area contributed by atoms with Gasteiger partial charge in [0.1, 0.15) is 11.5 Å². The molecule has 0 aromatic heterocycles. The molecule has 0 spiro atoms. The number of benzene rings is 1. The van der Waals surface area contributed by atoms with Crippen LogP contribution in [0, 0.1) is 6.92 Å². The van der Waals surface area contributed by atoms with Crippen LogP contribution >= 0.6 is 0 Å². The second kappa shape index (κ2) is 6.58. The van der Waals surface area contributed by atoms with Crippen LogP contribution in [0.4, 0.5) is 0 Å². The first-order chi connectivity index (χ1) is 8.99. The zero-order valence-electron chi connectivity index (χ0n) is 11.1. The summed E-state index contributed by atoms with van der Waals surface area (Å²) >= 11 is 0. The molecular weight excluding hydrogens is 248 g/mol. The van der Waals surface area contributed by atoms with Crippen molar-refractivity contribution in [3.8, 4) is 5.75 Å². The first kappa shape index (κ1) is 14.8. The largest absolute Gasteiger partial charge is 0.507 e. The standard InChI is InChI=1S/C14H16O5/c1-4-19-13-6-5-9(2)7-10(13)11(15)8-12(16)14(17)18-3/h5-8,15H,4H2,1-3H3/b11-8-. The van der Waals surface area contributed by atoms with Crippen molar-refractivity contribution in [1.82, 2.24) is 0 Å². The smallest absolute Gasteiger partial charge is 0.378 e. The van der Waals surface area contributed by atoms with Crippen molar-refractivity contribution in [2.45, 2.75) is 13.8 Å². The lowest BCUT2D eigenvalue weighted by molar-refractivity contribution is -0.149. The molecule has 1 N–H and O–H groups in total. The van der Waals surface area contributed by atoms with E-state index in [1.165, 1.54) is 0 Å². The third kappa shape index (κ3) is 3.84. The van der Waals surface area contributed by atoms with E-state index in [1.807, 2.05) is 19.9 Å². The fraction of sp³-hybridized carbons (Fsp3) is 0.286. The number of aliphatic hydroxyl groups excluding tert-OH is 1. The predicted molar refractivity (Wildman–Crippen MR) is 70.0 cm³/mol. The molecule has 0 saturated heterocycles. The number of carbonyl (C=O) groups excluding carboxylic acids is 2. The van der Waals surface area contributed by atoms with Gasteiger partial charge in [0, 0.05) is 6.08 Å². The number of rotatable bonds is 5. The van der Waals surface area contributed by atoms with E-state index in [2.05, 4.69) is 4.74 Å². The third-order valence-electron chi connectivity index (χ3n) is 2.37. The van der Waals surface area contributed by atoms with Crippen molar-refractivity contribution < 1.29 is 24.2 Å². The minimum absolute atomic E-state index is 0.331. The Balaban J connectivity index is 3.13. The van der Waals surface area contributed by atoms with E-state index in [1.54, 1.807) is 12.1 Å². The summed E-state index contributed by atoms with van der Waals surface area (Å²) in [6, 6.07) is 5.19. The molecule has 102 valence electrons. The predicted octanol–water partition coefficient (Wildman–Crippen LogP) is 2.03. The number of aliphatic hydroxyl groups is 1. The van der Waals surface area contributed by atoms with Crippen LogP contribution in [0.3, 0.4) is 0 Å². The Hall–Kier alpha value is -2.30. The zero-order valence-corrected chi connectivity index (χ0v) is 11.1. The summed E-state index contributed by atoms with van der Waals surface area (Å²) in [6.45, 7) is 4.08. The topological polar surface area (TPSA) is 72.8 Å². The minimum Gasteiger partial charge on any atom is -0.507 e. The van der Waals surface area contributed by atoms with E-state index in [0.29, 0.717) is 17.9 Å². The quantitative estimate of drug-likeness (QED) is 0.381. The van der Waals surface area contributed by atoms with Crippen LogP contribution in [0.1, 0.15) is 18.1 Å². The molecule has 0 saturated carbocycles. The minimum atomic E-state index is -1.03. The van der Waals surface area contributed by atoms with Crippen LogP contribution in [0.25, 0.3) is 5.76 Å². The molecular formula is C14H16O5. The number of hydrogen-bond acceptors (Lipinski definition) is 5. The van der Waals surface area contributed by atoms with Crippen molar-refractivity contribution >= 4 is 17.5 Å². The first-order valence-electron chi connectivity index (χ1n) is 5.76. The first-order valence-corrected chi connectivity index (χ1v) is 5.76. The Morgan fingerprint density at radius 1 is 1.37 bits per heavy atom.